The van der Waals surface area contributed by atoms with Crippen molar-refractivity contribution in [3.05, 3.63) is 30.3 Å². The Kier molecular flexibility index (Phi) is 3.42. The zero-order valence-electron chi connectivity index (χ0n) is 10.3. The minimum Gasteiger partial charge on any atom is -0.478 e. The van der Waals surface area contributed by atoms with Gasteiger partial charge < -0.3 is 9.15 Å². The van der Waals surface area contributed by atoms with Gasteiger partial charge in [0, 0.05) is 12.0 Å². The number of rotatable bonds is 4. The van der Waals surface area contributed by atoms with Gasteiger partial charge in [-0.05, 0) is 13.0 Å². The first kappa shape index (κ1) is 11.6. The molecule has 0 aromatic carbocycles. The van der Waals surface area contributed by atoms with E-state index in [0.29, 0.717) is 18.2 Å². The van der Waals surface area contributed by atoms with Crippen LogP contribution in [0.3, 0.4) is 0 Å². The molecule has 0 aliphatic rings. The molecule has 4 nitrogen and oxygen atoms in total. The number of hydrogen-bond acceptors (Lipinski definition) is 4. The van der Waals surface area contributed by atoms with Crippen molar-refractivity contribution >= 4 is 0 Å². The smallest absolute Gasteiger partial charge is 0.213 e. The van der Waals surface area contributed by atoms with Crippen LogP contribution < -0.4 is 4.74 Å². The van der Waals surface area contributed by atoms with Gasteiger partial charge >= 0.3 is 0 Å². The maximum atomic E-state index is 5.64. The molecule has 0 spiro atoms. The van der Waals surface area contributed by atoms with E-state index in [9.17, 15) is 0 Å². The van der Waals surface area contributed by atoms with Crippen molar-refractivity contribution in [2.75, 3.05) is 6.61 Å². The highest BCUT2D eigenvalue weighted by molar-refractivity contribution is 5.51. The first-order valence-electron chi connectivity index (χ1n) is 5.76. The summed E-state index contributed by atoms with van der Waals surface area (Å²) in [5, 5.41) is 0. The average Bonchev–Trinajstić information content (AvgIpc) is 2.79. The molecule has 0 unspecified atom stereocenters. The largest absolute Gasteiger partial charge is 0.478 e. The van der Waals surface area contributed by atoms with Crippen LogP contribution in [0.25, 0.3) is 11.5 Å². The predicted molar refractivity (Wildman–Crippen MR) is 65.0 cm³/mol. The zero-order valence-corrected chi connectivity index (χ0v) is 10.3. The standard InChI is InChI=1S/C13H16N2O2/c1-4-16-12-7-5-6-10(15-12)11-8-14-13(17-11)9(2)3/h5-9H,4H2,1-3H3. The Labute approximate surface area is 101 Å². The molecule has 0 saturated heterocycles. The summed E-state index contributed by atoms with van der Waals surface area (Å²) in [5.41, 5.74) is 0.746. The molecular formula is C13H16N2O2. The van der Waals surface area contributed by atoms with Crippen LogP contribution >= 0.6 is 0 Å². The van der Waals surface area contributed by atoms with Crippen molar-refractivity contribution in [1.29, 1.82) is 0 Å². The van der Waals surface area contributed by atoms with E-state index < -0.39 is 0 Å². The Morgan fingerprint density at radius 1 is 1.35 bits per heavy atom. The summed E-state index contributed by atoms with van der Waals surface area (Å²) >= 11 is 0. The van der Waals surface area contributed by atoms with Crippen LogP contribution in [0.15, 0.2) is 28.8 Å². The molecule has 0 fully saturated rings. The number of oxazole rings is 1. The van der Waals surface area contributed by atoms with Crippen LogP contribution in [-0.4, -0.2) is 16.6 Å². The van der Waals surface area contributed by atoms with Gasteiger partial charge in [-0.3, -0.25) is 0 Å². The maximum absolute atomic E-state index is 5.64. The van der Waals surface area contributed by atoms with Crippen LogP contribution in [0.1, 0.15) is 32.6 Å². The average molecular weight is 232 g/mol. The van der Waals surface area contributed by atoms with Crippen molar-refractivity contribution in [2.24, 2.45) is 0 Å². The van der Waals surface area contributed by atoms with E-state index in [1.165, 1.54) is 0 Å². The van der Waals surface area contributed by atoms with Crippen LogP contribution in [0.2, 0.25) is 0 Å². The molecule has 0 atom stereocenters. The summed E-state index contributed by atoms with van der Waals surface area (Å²) in [6.07, 6.45) is 1.70. The van der Waals surface area contributed by atoms with E-state index in [2.05, 4.69) is 9.97 Å². The van der Waals surface area contributed by atoms with Crippen molar-refractivity contribution in [3.8, 4) is 17.3 Å². The van der Waals surface area contributed by atoms with Gasteiger partial charge in [0.25, 0.3) is 0 Å². The fourth-order valence-electron chi connectivity index (χ4n) is 1.45. The summed E-state index contributed by atoms with van der Waals surface area (Å²) in [7, 11) is 0. The van der Waals surface area contributed by atoms with Gasteiger partial charge in [0.2, 0.25) is 5.88 Å². The van der Waals surface area contributed by atoms with Gasteiger partial charge in [0.1, 0.15) is 5.69 Å². The van der Waals surface area contributed by atoms with E-state index in [1.54, 1.807) is 6.20 Å². The molecule has 2 aromatic heterocycles. The third kappa shape index (κ3) is 2.64. The summed E-state index contributed by atoms with van der Waals surface area (Å²) in [4.78, 5) is 8.57. The van der Waals surface area contributed by atoms with Crippen molar-refractivity contribution < 1.29 is 9.15 Å². The molecule has 0 aliphatic carbocycles. The van der Waals surface area contributed by atoms with Gasteiger partial charge in [0.15, 0.2) is 11.7 Å². The molecule has 2 heterocycles. The molecule has 0 bridgehead atoms. The second-order valence-corrected chi connectivity index (χ2v) is 4.01. The van der Waals surface area contributed by atoms with E-state index >= 15 is 0 Å². The minimum absolute atomic E-state index is 0.277. The monoisotopic (exact) mass is 232 g/mol. The van der Waals surface area contributed by atoms with E-state index in [-0.39, 0.29) is 5.92 Å². The number of hydrogen-bond donors (Lipinski definition) is 0. The zero-order chi connectivity index (χ0) is 12.3. The van der Waals surface area contributed by atoms with E-state index in [4.69, 9.17) is 9.15 Å². The highest BCUT2D eigenvalue weighted by Crippen LogP contribution is 2.23. The molecule has 0 amide bonds. The highest BCUT2D eigenvalue weighted by Gasteiger charge is 2.10. The fraction of sp³-hybridized carbons (Fsp3) is 0.385. The molecule has 0 N–H and O–H groups in total. The number of ether oxygens (including phenoxy) is 1. The fourth-order valence-corrected chi connectivity index (χ4v) is 1.45. The third-order valence-electron chi connectivity index (χ3n) is 2.29. The Balaban J connectivity index is 2.28. The van der Waals surface area contributed by atoms with Gasteiger partial charge in [-0.1, -0.05) is 19.9 Å². The SMILES string of the molecule is CCOc1cccc(-c2cnc(C(C)C)o2)n1. The van der Waals surface area contributed by atoms with Crippen molar-refractivity contribution in [1.82, 2.24) is 9.97 Å². The lowest BCUT2D eigenvalue weighted by atomic mass is 10.2. The second-order valence-electron chi connectivity index (χ2n) is 4.01. The Bertz CT molecular complexity index is 492. The predicted octanol–water partition coefficient (Wildman–Crippen LogP) is 3.26. The molecule has 2 rings (SSSR count). The van der Waals surface area contributed by atoms with Gasteiger partial charge in [-0.15, -0.1) is 0 Å². The van der Waals surface area contributed by atoms with Crippen LogP contribution in [0.4, 0.5) is 0 Å². The van der Waals surface area contributed by atoms with Gasteiger partial charge in [-0.25, -0.2) is 9.97 Å². The third-order valence-corrected chi connectivity index (χ3v) is 2.29. The number of aromatic nitrogens is 2. The lowest BCUT2D eigenvalue weighted by Crippen LogP contribution is -1.94. The molecule has 0 saturated carbocycles. The quantitative estimate of drug-likeness (QED) is 0.811. The summed E-state index contributed by atoms with van der Waals surface area (Å²) < 4.78 is 11.0. The van der Waals surface area contributed by atoms with Crippen LogP contribution in [0, 0.1) is 0 Å². The van der Waals surface area contributed by atoms with Crippen molar-refractivity contribution in [3.63, 3.8) is 0 Å². The maximum Gasteiger partial charge on any atom is 0.213 e. The van der Waals surface area contributed by atoms with Gasteiger partial charge in [-0.2, -0.15) is 0 Å². The first-order valence-corrected chi connectivity index (χ1v) is 5.76. The van der Waals surface area contributed by atoms with Crippen LogP contribution in [0.5, 0.6) is 5.88 Å². The lowest BCUT2D eigenvalue weighted by Gasteiger charge is -2.02. The first-order chi connectivity index (χ1) is 8.20. The molecular weight excluding hydrogens is 216 g/mol. The minimum atomic E-state index is 0.277. The lowest BCUT2D eigenvalue weighted by molar-refractivity contribution is 0.327. The molecule has 17 heavy (non-hydrogen) atoms. The summed E-state index contributed by atoms with van der Waals surface area (Å²) in [5.74, 6) is 2.28. The topological polar surface area (TPSA) is 48.2 Å². The molecule has 4 heteroatoms. The highest BCUT2D eigenvalue weighted by atomic mass is 16.5. The Hall–Kier alpha value is -1.84. The van der Waals surface area contributed by atoms with E-state index in [0.717, 1.165) is 11.6 Å². The molecule has 0 radical (unpaired) electrons. The normalized spacial score (nSPS) is 10.8. The molecule has 90 valence electrons. The summed E-state index contributed by atoms with van der Waals surface area (Å²) in [6, 6.07) is 5.60. The second kappa shape index (κ2) is 4.99. The summed E-state index contributed by atoms with van der Waals surface area (Å²) in [6.45, 7) is 6.61. The Morgan fingerprint density at radius 2 is 2.18 bits per heavy atom. The molecule has 2 aromatic rings. The van der Waals surface area contributed by atoms with Gasteiger partial charge in [0.05, 0.1) is 12.8 Å². The van der Waals surface area contributed by atoms with Crippen molar-refractivity contribution in [2.45, 2.75) is 26.7 Å². The Morgan fingerprint density at radius 3 is 2.82 bits per heavy atom. The number of pyridine rings is 1. The van der Waals surface area contributed by atoms with E-state index in [1.807, 2.05) is 39.0 Å². The molecule has 0 aliphatic heterocycles. The number of nitrogens with zero attached hydrogens (tertiary/aromatic N) is 2. The van der Waals surface area contributed by atoms with Crippen LogP contribution in [-0.2, 0) is 0 Å².